The number of carbonyl (C=O) groups excluding carboxylic acids is 1. The molecule has 6 heteroatoms. The number of para-hydroxylation sites is 1. The zero-order valence-corrected chi connectivity index (χ0v) is 14.6. The molecule has 2 fully saturated rings. The van der Waals surface area contributed by atoms with Crippen molar-refractivity contribution < 1.29 is 19.4 Å². The van der Waals surface area contributed by atoms with E-state index in [9.17, 15) is 9.90 Å². The summed E-state index contributed by atoms with van der Waals surface area (Å²) < 4.78 is 11.4. The van der Waals surface area contributed by atoms with Crippen molar-refractivity contribution in [3.05, 3.63) is 29.8 Å². The number of esters is 1. The van der Waals surface area contributed by atoms with Crippen molar-refractivity contribution in [1.29, 1.82) is 0 Å². The van der Waals surface area contributed by atoms with Crippen molar-refractivity contribution in [2.45, 2.75) is 63.7 Å². The fraction of sp³-hybridized carbons (Fsp3) is 0.556. The zero-order chi connectivity index (χ0) is 17.5. The van der Waals surface area contributed by atoms with Crippen LogP contribution in [-0.2, 0) is 20.8 Å². The quantitative estimate of drug-likeness (QED) is 0.631. The van der Waals surface area contributed by atoms with Crippen LogP contribution in [-0.4, -0.2) is 44.3 Å². The van der Waals surface area contributed by atoms with E-state index in [0.29, 0.717) is 12.4 Å². The van der Waals surface area contributed by atoms with Gasteiger partial charge in [-0.25, -0.2) is 9.79 Å². The van der Waals surface area contributed by atoms with Gasteiger partial charge in [-0.3, -0.25) is 0 Å². The number of rotatable bonds is 1. The lowest BCUT2D eigenvalue weighted by molar-refractivity contribution is -0.158. The topological polar surface area (TPSA) is 74.7 Å². The predicted molar refractivity (Wildman–Crippen MR) is 87.8 cm³/mol. The summed E-state index contributed by atoms with van der Waals surface area (Å²) in [6.45, 7) is 9.31. The minimum absolute atomic E-state index is 0.433. The summed E-state index contributed by atoms with van der Waals surface area (Å²) in [5.41, 5.74) is -2.63. The van der Waals surface area contributed by atoms with Crippen LogP contribution in [0.4, 0.5) is 5.69 Å². The number of carbonyl (C=O) groups is 1. The van der Waals surface area contributed by atoms with E-state index < -0.39 is 28.5 Å². The van der Waals surface area contributed by atoms with E-state index in [1.54, 1.807) is 18.7 Å². The Balaban J connectivity index is 1.85. The first-order chi connectivity index (χ1) is 11.0. The summed E-state index contributed by atoms with van der Waals surface area (Å²) in [6.07, 6.45) is 0. The van der Waals surface area contributed by atoms with Gasteiger partial charge < -0.3 is 19.5 Å². The Morgan fingerprint density at radius 2 is 2.00 bits per heavy atom. The van der Waals surface area contributed by atoms with Crippen LogP contribution in [0.25, 0.3) is 0 Å². The van der Waals surface area contributed by atoms with Gasteiger partial charge in [0.15, 0.2) is 17.2 Å². The third-order valence-corrected chi connectivity index (χ3v) is 5.22. The van der Waals surface area contributed by atoms with E-state index in [2.05, 4.69) is 4.99 Å². The Kier molecular flexibility index (Phi) is 2.72. The average Bonchev–Trinajstić information content (AvgIpc) is 3.10. The number of hydrogen-bond acceptors (Lipinski definition) is 6. The Bertz CT molecular complexity index is 779. The highest BCUT2D eigenvalue weighted by molar-refractivity contribution is 6.17. The molecule has 24 heavy (non-hydrogen) atoms. The van der Waals surface area contributed by atoms with Gasteiger partial charge in [-0.05, 0) is 46.2 Å². The highest BCUT2D eigenvalue weighted by Crippen LogP contribution is 2.64. The van der Waals surface area contributed by atoms with Crippen molar-refractivity contribution in [3.8, 4) is 0 Å². The molecule has 3 atom stereocenters. The number of fused-ring (bicyclic) bond motifs is 4. The van der Waals surface area contributed by atoms with Gasteiger partial charge in [0.05, 0.1) is 5.69 Å². The minimum Gasteiger partial charge on any atom is -0.457 e. The van der Waals surface area contributed by atoms with Crippen LogP contribution in [0.15, 0.2) is 29.3 Å². The predicted octanol–water partition coefficient (Wildman–Crippen LogP) is 2.12. The fourth-order valence-corrected chi connectivity index (χ4v) is 3.71. The molecule has 1 N–H and O–H groups in total. The molecule has 0 bridgehead atoms. The summed E-state index contributed by atoms with van der Waals surface area (Å²) in [6, 6.07) is 7.71. The number of benzene rings is 1. The first kappa shape index (κ1) is 15.6. The maximum Gasteiger partial charge on any atom is 0.350 e. The van der Waals surface area contributed by atoms with Crippen LogP contribution in [0.3, 0.4) is 0 Å². The van der Waals surface area contributed by atoms with Crippen LogP contribution < -0.4 is 0 Å². The molecule has 0 radical (unpaired) electrons. The minimum atomic E-state index is -1.35. The number of amidine groups is 1. The van der Waals surface area contributed by atoms with Gasteiger partial charge in [0, 0.05) is 6.54 Å². The smallest absolute Gasteiger partial charge is 0.350 e. The summed E-state index contributed by atoms with van der Waals surface area (Å²) in [4.78, 5) is 19.3. The Morgan fingerprint density at radius 3 is 2.67 bits per heavy atom. The number of ether oxygens (including phenoxy) is 2. The van der Waals surface area contributed by atoms with E-state index in [0.717, 1.165) is 11.3 Å². The Hall–Kier alpha value is -1.92. The summed E-state index contributed by atoms with van der Waals surface area (Å²) in [7, 11) is 0. The lowest BCUT2D eigenvalue weighted by Gasteiger charge is -2.38. The molecule has 3 aliphatic heterocycles. The fourth-order valence-electron chi connectivity index (χ4n) is 3.71. The van der Waals surface area contributed by atoms with Gasteiger partial charge in [0.1, 0.15) is 5.60 Å². The van der Waals surface area contributed by atoms with Gasteiger partial charge >= 0.3 is 5.97 Å². The maximum absolute atomic E-state index is 12.9. The monoisotopic (exact) mass is 330 g/mol. The number of morpholine rings is 1. The number of hydrogen-bond donors (Lipinski definition) is 1. The van der Waals surface area contributed by atoms with Crippen molar-refractivity contribution >= 4 is 17.5 Å². The van der Waals surface area contributed by atoms with Gasteiger partial charge in [-0.15, -0.1) is 0 Å². The molecule has 0 aromatic heterocycles. The molecule has 1 aromatic carbocycles. The molecule has 3 heterocycles. The van der Waals surface area contributed by atoms with Crippen molar-refractivity contribution in [2.75, 3.05) is 0 Å². The maximum atomic E-state index is 12.9. The standard InChI is InChI=1S/C18H22N2O4/c1-15(2,3)23-14(21)18-13-19-12-9-7-6-8-11(12)10-20(13)17(5,22)16(18,4)24-18/h6-9,22H,10H2,1-5H3. The average molecular weight is 330 g/mol. The van der Waals surface area contributed by atoms with Crippen LogP contribution >= 0.6 is 0 Å². The van der Waals surface area contributed by atoms with Crippen LogP contribution in [0.5, 0.6) is 0 Å². The number of nitrogens with zero attached hydrogens (tertiary/aromatic N) is 2. The third-order valence-electron chi connectivity index (χ3n) is 5.22. The highest BCUT2D eigenvalue weighted by Gasteiger charge is 2.90. The van der Waals surface area contributed by atoms with E-state index in [-0.39, 0.29) is 0 Å². The molecule has 3 aliphatic rings. The molecule has 4 rings (SSSR count). The second kappa shape index (κ2) is 4.18. The summed E-state index contributed by atoms with van der Waals surface area (Å²) in [5, 5.41) is 11.1. The molecular weight excluding hydrogens is 308 g/mol. The first-order valence-electron chi connectivity index (χ1n) is 8.14. The van der Waals surface area contributed by atoms with Crippen LogP contribution in [0.2, 0.25) is 0 Å². The number of aliphatic hydroxyl groups is 1. The molecule has 0 spiro atoms. The number of epoxide rings is 1. The first-order valence-corrected chi connectivity index (χ1v) is 8.14. The van der Waals surface area contributed by atoms with Crippen molar-refractivity contribution in [3.63, 3.8) is 0 Å². The molecular formula is C18H22N2O4. The van der Waals surface area contributed by atoms with Gasteiger partial charge in [0.2, 0.25) is 0 Å². The van der Waals surface area contributed by atoms with Crippen LogP contribution in [0, 0.1) is 0 Å². The van der Waals surface area contributed by atoms with Crippen LogP contribution in [0.1, 0.15) is 40.2 Å². The SMILES string of the molecule is CC(C)(C)OC(=O)C12OC1(C)C(C)(O)N1Cc3ccccc3N=C12. The van der Waals surface area contributed by atoms with Gasteiger partial charge in [-0.1, -0.05) is 18.2 Å². The Morgan fingerprint density at radius 1 is 1.33 bits per heavy atom. The molecule has 0 saturated carbocycles. The van der Waals surface area contributed by atoms with Gasteiger partial charge in [0.25, 0.3) is 5.60 Å². The van der Waals surface area contributed by atoms with Crippen molar-refractivity contribution in [2.24, 2.45) is 4.99 Å². The Labute approximate surface area is 141 Å². The largest absolute Gasteiger partial charge is 0.457 e. The number of aliphatic imine (C=N–C) groups is 1. The molecule has 1 aromatic rings. The van der Waals surface area contributed by atoms with Crippen molar-refractivity contribution in [1.82, 2.24) is 4.90 Å². The lowest BCUT2D eigenvalue weighted by Crippen LogP contribution is -2.52. The molecule has 0 amide bonds. The third kappa shape index (κ3) is 1.67. The van der Waals surface area contributed by atoms with E-state index in [1.807, 2.05) is 45.0 Å². The van der Waals surface area contributed by atoms with E-state index >= 15 is 0 Å². The lowest BCUT2D eigenvalue weighted by atomic mass is 9.90. The summed E-state index contributed by atoms with van der Waals surface area (Å²) in [5.74, 6) is -0.0682. The molecule has 2 saturated heterocycles. The second-order valence-corrected chi connectivity index (χ2v) is 7.99. The van der Waals surface area contributed by atoms with E-state index in [1.165, 1.54) is 0 Å². The normalized spacial score (nSPS) is 36.4. The highest BCUT2D eigenvalue weighted by atomic mass is 16.7. The second-order valence-electron chi connectivity index (χ2n) is 7.99. The summed E-state index contributed by atoms with van der Waals surface area (Å²) >= 11 is 0. The molecule has 0 aliphatic carbocycles. The molecule has 128 valence electrons. The molecule has 3 unspecified atom stereocenters. The zero-order valence-electron chi connectivity index (χ0n) is 14.6. The van der Waals surface area contributed by atoms with Gasteiger partial charge in [-0.2, -0.15) is 0 Å². The molecule has 6 nitrogen and oxygen atoms in total. The van der Waals surface area contributed by atoms with E-state index in [4.69, 9.17) is 9.47 Å².